The van der Waals surface area contributed by atoms with E-state index >= 15 is 0 Å². The number of sulfonamides is 1. The number of halogens is 2. The molecule has 2 heterocycles. The maximum Gasteiger partial charge on any atom is 0.253 e. The Morgan fingerprint density at radius 2 is 1.89 bits per heavy atom. The number of hydrogen-bond acceptors (Lipinski definition) is 5. The van der Waals surface area contributed by atoms with Crippen molar-refractivity contribution in [1.29, 1.82) is 0 Å². The molecule has 0 aromatic heterocycles. The van der Waals surface area contributed by atoms with Crippen molar-refractivity contribution in [3.63, 3.8) is 0 Å². The standard InChI is InChI=1S/C25H34F2N4O4S/c1-16-15-21(28-17(2)32)8-7-18(16)9-14-36(34,35)31-12-10-25(11-13-31)24(33)29-23(30-25)20-5-3-19(4-6-20)22(26)27/h7-8,15,19-20,22H,3-6,9-14H2,1-2H3,(H,28,32)(H,29,30,33). The predicted molar refractivity (Wildman–Crippen MR) is 134 cm³/mol. The number of nitrogens with one attached hydrogen (secondary N) is 2. The first-order chi connectivity index (χ1) is 17.0. The first-order valence-corrected chi connectivity index (χ1v) is 14.1. The molecule has 0 bridgehead atoms. The number of amidine groups is 1. The van der Waals surface area contributed by atoms with Crippen LogP contribution in [-0.2, 0) is 26.0 Å². The van der Waals surface area contributed by atoms with Crippen LogP contribution in [0.25, 0.3) is 0 Å². The van der Waals surface area contributed by atoms with Gasteiger partial charge in [-0.3, -0.25) is 14.6 Å². The zero-order valence-corrected chi connectivity index (χ0v) is 21.5. The average molecular weight is 525 g/mol. The molecular weight excluding hydrogens is 490 g/mol. The lowest BCUT2D eigenvalue weighted by atomic mass is 9.81. The smallest absolute Gasteiger partial charge is 0.253 e. The summed E-state index contributed by atoms with van der Waals surface area (Å²) in [4.78, 5) is 28.8. The molecule has 0 atom stereocenters. The molecule has 1 saturated heterocycles. The Bertz CT molecular complexity index is 1140. The second-order valence-electron chi connectivity index (χ2n) is 10.2. The highest BCUT2D eigenvalue weighted by atomic mass is 32.2. The van der Waals surface area contributed by atoms with Gasteiger partial charge in [-0.2, -0.15) is 0 Å². The first-order valence-electron chi connectivity index (χ1n) is 12.5. The molecule has 4 rings (SSSR count). The number of amides is 2. The molecule has 2 N–H and O–H groups in total. The van der Waals surface area contributed by atoms with Crippen molar-refractivity contribution in [2.75, 3.05) is 24.2 Å². The van der Waals surface area contributed by atoms with E-state index in [0.29, 0.717) is 56.5 Å². The lowest BCUT2D eigenvalue weighted by Gasteiger charge is -2.34. The molecule has 0 radical (unpaired) electrons. The van der Waals surface area contributed by atoms with Crippen LogP contribution < -0.4 is 10.6 Å². The second-order valence-corrected chi connectivity index (χ2v) is 12.3. The Morgan fingerprint density at radius 1 is 1.22 bits per heavy atom. The van der Waals surface area contributed by atoms with Gasteiger partial charge in [0.1, 0.15) is 11.4 Å². The third-order valence-electron chi connectivity index (χ3n) is 7.75. The van der Waals surface area contributed by atoms with Gasteiger partial charge in [-0.15, -0.1) is 0 Å². The lowest BCUT2D eigenvalue weighted by molar-refractivity contribution is -0.125. The van der Waals surface area contributed by atoms with Gasteiger partial charge in [-0.1, -0.05) is 6.07 Å². The summed E-state index contributed by atoms with van der Waals surface area (Å²) in [5.74, 6) is -0.443. The number of anilines is 1. The number of carbonyl (C=O) groups is 2. The lowest BCUT2D eigenvalue weighted by Crippen LogP contribution is -2.51. The zero-order chi connectivity index (χ0) is 26.1. The number of carbonyl (C=O) groups excluding carboxylic acids is 2. The van der Waals surface area contributed by atoms with Crippen LogP contribution in [0.5, 0.6) is 0 Å². The summed E-state index contributed by atoms with van der Waals surface area (Å²) in [6.07, 6.45) is 0.649. The number of piperidine rings is 1. The number of hydrogen-bond donors (Lipinski definition) is 2. The molecule has 1 aromatic rings. The minimum atomic E-state index is -3.53. The second kappa shape index (κ2) is 10.5. The number of alkyl halides is 2. The largest absolute Gasteiger partial charge is 0.326 e. The molecular formula is C25H34F2N4O4S. The van der Waals surface area contributed by atoms with Crippen molar-refractivity contribution < 1.29 is 26.8 Å². The SMILES string of the molecule is CC(=O)Nc1ccc(CCS(=O)(=O)N2CCC3(CC2)N=C(C2CCC(C(F)F)CC2)NC3=O)c(C)c1. The maximum atomic E-state index is 13.0. The summed E-state index contributed by atoms with van der Waals surface area (Å²) in [6, 6.07) is 5.41. The van der Waals surface area contributed by atoms with Crippen molar-refractivity contribution in [3.8, 4) is 0 Å². The fourth-order valence-electron chi connectivity index (χ4n) is 5.48. The summed E-state index contributed by atoms with van der Waals surface area (Å²) < 4.78 is 53.4. The van der Waals surface area contributed by atoms with Gasteiger partial charge in [-0.25, -0.2) is 21.5 Å². The molecule has 8 nitrogen and oxygen atoms in total. The molecule has 36 heavy (non-hydrogen) atoms. The fourth-order valence-corrected chi connectivity index (χ4v) is 6.95. The van der Waals surface area contributed by atoms with Crippen LogP contribution in [0.4, 0.5) is 14.5 Å². The summed E-state index contributed by atoms with van der Waals surface area (Å²) >= 11 is 0. The van der Waals surface area contributed by atoms with Gasteiger partial charge in [0, 0.05) is 37.5 Å². The molecule has 198 valence electrons. The Kier molecular flexibility index (Phi) is 7.80. The number of benzene rings is 1. The molecule has 2 amide bonds. The third-order valence-corrected chi connectivity index (χ3v) is 9.62. The van der Waals surface area contributed by atoms with Crippen molar-refractivity contribution in [2.45, 2.75) is 70.8 Å². The monoisotopic (exact) mass is 524 g/mol. The van der Waals surface area contributed by atoms with E-state index < -0.39 is 27.9 Å². The number of aliphatic imine (C=N–C) groups is 1. The van der Waals surface area contributed by atoms with E-state index in [1.54, 1.807) is 6.07 Å². The minimum absolute atomic E-state index is 0.0228. The van der Waals surface area contributed by atoms with Crippen molar-refractivity contribution in [1.82, 2.24) is 9.62 Å². The van der Waals surface area contributed by atoms with Gasteiger partial charge >= 0.3 is 0 Å². The maximum absolute atomic E-state index is 13.0. The van der Waals surface area contributed by atoms with E-state index in [0.717, 1.165) is 11.1 Å². The summed E-state index contributed by atoms with van der Waals surface area (Å²) in [5.41, 5.74) is 1.51. The van der Waals surface area contributed by atoms with Gasteiger partial charge < -0.3 is 10.6 Å². The molecule has 0 unspecified atom stereocenters. The van der Waals surface area contributed by atoms with Crippen molar-refractivity contribution >= 4 is 33.4 Å². The van der Waals surface area contributed by atoms with Crippen LogP contribution in [0.15, 0.2) is 23.2 Å². The zero-order valence-electron chi connectivity index (χ0n) is 20.7. The van der Waals surface area contributed by atoms with Gasteiger partial charge in [-0.05, 0) is 75.1 Å². The van der Waals surface area contributed by atoms with Crippen LogP contribution in [0.2, 0.25) is 0 Å². The van der Waals surface area contributed by atoms with Crippen LogP contribution in [-0.4, -0.2) is 61.2 Å². The van der Waals surface area contributed by atoms with Crippen LogP contribution in [0.3, 0.4) is 0 Å². The normalized spacial score (nSPS) is 24.6. The molecule has 2 fully saturated rings. The molecule has 11 heteroatoms. The molecule has 1 aromatic carbocycles. The fraction of sp³-hybridized carbons (Fsp3) is 0.640. The molecule has 3 aliphatic rings. The van der Waals surface area contributed by atoms with Crippen molar-refractivity contribution in [3.05, 3.63) is 29.3 Å². The minimum Gasteiger partial charge on any atom is -0.326 e. The number of nitrogens with zero attached hydrogens (tertiary/aromatic N) is 2. The quantitative estimate of drug-likeness (QED) is 0.571. The molecule has 1 saturated carbocycles. The Morgan fingerprint density at radius 3 is 2.47 bits per heavy atom. The molecule has 1 aliphatic carbocycles. The summed E-state index contributed by atoms with van der Waals surface area (Å²) in [5, 5.41) is 5.60. The van der Waals surface area contributed by atoms with E-state index in [-0.39, 0.29) is 36.6 Å². The number of aryl methyl sites for hydroxylation is 2. The Hall–Kier alpha value is -2.40. The van der Waals surface area contributed by atoms with Gasteiger partial charge in [0.15, 0.2) is 0 Å². The van der Waals surface area contributed by atoms with E-state index in [1.165, 1.54) is 11.2 Å². The Balaban J connectivity index is 1.34. The summed E-state index contributed by atoms with van der Waals surface area (Å²) in [7, 11) is -3.53. The van der Waals surface area contributed by atoms with Gasteiger partial charge in [0.2, 0.25) is 22.4 Å². The topological polar surface area (TPSA) is 108 Å². The summed E-state index contributed by atoms with van der Waals surface area (Å²) in [6.45, 7) is 3.74. The van der Waals surface area contributed by atoms with Crippen molar-refractivity contribution in [2.24, 2.45) is 16.8 Å². The van der Waals surface area contributed by atoms with E-state index in [2.05, 4.69) is 10.6 Å². The number of rotatable bonds is 7. The van der Waals surface area contributed by atoms with E-state index in [9.17, 15) is 26.8 Å². The van der Waals surface area contributed by atoms with Crippen LogP contribution in [0, 0.1) is 18.8 Å². The Labute approximate surface area is 211 Å². The molecule has 2 aliphatic heterocycles. The van der Waals surface area contributed by atoms with Crippen LogP contribution in [0.1, 0.15) is 56.6 Å². The predicted octanol–water partition coefficient (Wildman–Crippen LogP) is 3.26. The third kappa shape index (κ3) is 5.77. The highest BCUT2D eigenvalue weighted by Gasteiger charge is 2.48. The van der Waals surface area contributed by atoms with E-state index in [1.807, 2.05) is 19.1 Å². The van der Waals surface area contributed by atoms with E-state index in [4.69, 9.17) is 4.99 Å². The van der Waals surface area contributed by atoms with Gasteiger partial charge in [0.05, 0.1) is 5.75 Å². The first kappa shape index (κ1) is 26.7. The average Bonchev–Trinajstić information content (AvgIpc) is 3.14. The highest BCUT2D eigenvalue weighted by molar-refractivity contribution is 7.89. The van der Waals surface area contributed by atoms with Crippen LogP contribution >= 0.6 is 0 Å². The van der Waals surface area contributed by atoms with Gasteiger partial charge in [0.25, 0.3) is 5.91 Å². The highest BCUT2D eigenvalue weighted by Crippen LogP contribution is 2.37. The molecule has 1 spiro atoms.